The van der Waals surface area contributed by atoms with Crippen molar-refractivity contribution in [3.63, 3.8) is 0 Å². The summed E-state index contributed by atoms with van der Waals surface area (Å²) in [6, 6.07) is 0. The van der Waals surface area contributed by atoms with Crippen LogP contribution in [0.2, 0.25) is 0 Å². The third kappa shape index (κ3) is 62.7. The second-order valence-electron chi connectivity index (χ2n) is 25.3. The Morgan fingerprint density at radius 3 is 1.01 bits per heavy atom. The Bertz CT molecular complexity index is 1830. The Labute approximate surface area is 542 Å². The molecule has 6 atom stereocenters. The van der Waals surface area contributed by atoms with E-state index >= 15 is 0 Å². The number of carbonyl (C=O) groups excluding carboxylic acids is 4. The van der Waals surface area contributed by atoms with E-state index in [1.165, 1.54) is 135 Å². The lowest BCUT2D eigenvalue weighted by Gasteiger charge is -2.21. The third-order valence-corrected chi connectivity index (χ3v) is 17.8. The lowest BCUT2D eigenvalue weighted by Crippen LogP contribution is -2.30. The summed E-state index contributed by atoms with van der Waals surface area (Å²) in [5.41, 5.74) is 0. The average molecular weight is 1310 g/mol. The maximum Gasteiger partial charge on any atom is 0.472 e. The van der Waals surface area contributed by atoms with Gasteiger partial charge in [0.1, 0.15) is 19.3 Å². The second kappa shape index (κ2) is 61.7. The molecule has 0 spiro atoms. The van der Waals surface area contributed by atoms with Gasteiger partial charge in [-0.25, -0.2) is 9.13 Å². The summed E-state index contributed by atoms with van der Waals surface area (Å²) in [7, 11) is -9.91. The summed E-state index contributed by atoms with van der Waals surface area (Å²) in [4.78, 5) is 72.5. The third-order valence-electron chi connectivity index (χ3n) is 15.9. The van der Waals surface area contributed by atoms with E-state index in [0.29, 0.717) is 31.6 Å². The molecule has 0 fully saturated rings. The average Bonchev–Trinajstić information content (AvgIpc) is 3.53. The molecule has 19 heteroatoms. The van der Waals surface area contributed by atoms with Crippen LogP contribution in [0.1, 0.15) is 330 Å². The van der Waals surface area contributed by atoms with E-state index in [4.69, 9.17) is 37.0 Å². The van der Waals surface area contributed by atoms with E-state index in [-0.39, 0.29) is 25.7 Å². The number of rotatable bonds is 67. The molecule has 0 bridgehead atoms. The van der Waals surface area contributed by atoms with Gasteiger partial charge in [0, 0.05) is 25.7 Å². The van der Waals surface area contributed by atoms with Crippen molar-refractivity contribution in [2.24, 2.45) is 11.8 Å². The van der Waals surface area contributed by atoms with Crippen molar-refractivity contribution in [2.75, 3.05) is 39.6 Å². The van der Waals surface area contributed by atoms with Gasteiger partial charge in [0.2, 0.25) is 0 Å². The minimum atomic E-state index is -4.96. The molecule has 0 amide bonds. The topological polar surface area (TPSA) is 237 Å². The zero-order chi connectivity index (χ0) is 65.7. The van der Waals surface area contributed by atoms with Crippen LogP contribution < -0.4 is 0 Å². The number of aliphatic hydroxyl groups is 1. The Morgan fingerprint density at radius 2 is 0.663 bits per heavy atom. The molecule has 0 radical (unpaired) electrons. The quantitative estimate of drug-likeness (QED) is 0.0169. The summed E-state index contributed by atoms with van der Waals surface area (Å²) < 4.78 is 68.2. The summed E-state index contributed by atoms with van der Waals surface area (Å²) in [6.45, 7) is 9.43. The number of carbonyl (C=O) groups is 4. The number of esters is 4. The van der Waals surface area contributed by atoms with Crippen LogP contribution in [0, 0.1) is 11.8 Å². The monoisotopic (exact) mass is 1310 g/mol. The Kier molecular flexibility index (Phi) is 60.0. The van der Waals surface area contributed by atoms with E-state index in [0.717, 1.165) is 109 Å². The van der Waals surface area contributed by atoms with Gasteiger partial charge in [-0.05, 0) is 63.2 Å². The molecule has 89 heavy (non-hydrogen) atoms. The van der Waals surface area contributed by atoms with Crippen LogP contribution >= 0.6 is 15.6 Å². The van der Waals surface area contributed by atoms with Gasteiger partial charge in [0.25, 0.3) is 0 Å². The fraction of sp³-hybridized carbons (Fsp3) is 0.886. The number of hydrogen-bond acceptors (Lipinski definition) is 15. The fourth-order valence-electron chi connectivity index (χ4n) is 10.0. The number of allylic oxidation sites excluding steroid dienone is 4. The molecule has 0 rings (SSSR count). The molecule has 3 unspecified atom stereocenters. The smallest absolute Gasteiger partial charge is 0.462 e. The van der Waals surface area contributed by atoms with Crippen LogP contribution in [0.5, 0.6) is 0 Å². The van der Waals surface area contributed by atoms with Crippen LogP contribution in [0.25, 0.3) is 0 Å². The van der Waals surface area contributed by atoms with Crippen molar-refractivity contribution in [3.8, 4) is 0 Å². The van der Waals surface area contributed by atoms with E-state index in [1.807, 2.05) is 0 Å². The highest BCUT2D eigenvalue weighted by Gasteiger charge is 2.30. The highest BCUT2D eigenvalue weighted by molar-refractivity contribution is 7.47. The fourth-order valence-corrected chi connectivity index (χ4v) is 11.6. The Morgan fingerprint density at radius 1 is 0.371 bits per heavy atom. The maximum absolute atomic E-state index is 13.0. The van der Waals surface area contributed by atoms with Crippen molar-refractivity contribution in [1.29, 1.82) is 0 Å². The zero-order valence-corrected chi connectivity index (χ0v) is 59.0. The van der Waals surface area contributed by atoms with Gasteiger partial charge in [-0.2, -0.15) is 0 Å². The molecule has 0 saturated carbocycles. The van der Waals surface area contributed by atoms with Gasteiger partial charge in [0.05, 0.1) is 26.4 Å². The molecule has 0 aromatic rings. The molecule has 3 N–H and O–H groups in total. The van der Waals surface area contributed by atoms with Gasteiger partial charge in [0.15, 0.2) is 12.2 Å². The Balaban J connectivity index is 5.29. The number of ether oxygens (including phenoxy) is 4. The SMILES string of the molecule is CCCCCC/C=C\C=C/CCCCCCCC(=O)O[C@H](COC(=O)CCCCCCCCCCCCC(C)CC)COP(=O)(O)OC[C@@H](O)COP(=O)(O)OC[C@@H](COC(=O)CCCCCCCCCCCC)OC(=O)CCCCCCCCCC(C)C. The summed E-state index contributed by atoms with van der Waals surface area (Å²) >= 11 is 0. The predicted octanol–water partition coefficient (Wildman–Crippen LogP) is 19.5. The standard InChI is InChI=1S/C70H132O17P2/c1-7-10-12-14-16-18-20-21-22-23-24-30-36-42-48-54-69(74)86-65(58-81-68(73)53-47-41-35-29-26-25-27-33-39-45-51-63(6)9-3)60-84-88(76,77)82-56-64(71)57-83-89(78,79)85-61-66(87-70(75)55-49-43-37-31-32-38-44-50-62(4)5)59-80-67(72)52-46-40-34-28-19-17-15-13-11-8-2/h18,20-22,62-66,71H,7-17,19,23-61H2,1-6H3,(H,76,77)(H,78,79)/b20-18-,22-21-/t63?,64-,65-,66-/m1/s1. The van der Waals surface area contributed by atoms with Gasteiger partial charge >= 0.3 is 39.5 Å². The first-order valence-electron chi connectivity index (χ1n) is 35.8. The normalized spacial score (nSPS) is 14.6. The van der Waals surface area contributed by atoms with E-state index in [9.17, 15) is 43.2 Å². The van der Waals surface area contributed by atoms with Gasteiger partial charge < -0.3 is 33.8 Å². The second-order valence-corrected chi connectivity index (χ2v) is 28.2. The molecule has 0 aromatic heterocycles. The molecule has 0 saturated heterocycles. The molecular formula is C70H132O17P2. The first-order valence-corrected chi connectivity index (χ1v) is 38.8. The molecule has 0 heterocycles. The maximum atomic E-state index is 13.0. The van der Waals surface area contributed by atoms with Crippen molar-refractivity contribution in [3.05, 3.63) is 24.3 Å². The summed E-state index contributed by atoms with van der Waals surface area (Å²) in [6.07, 6.45) is 49.4. The van der Waals surface area contributed by atoms with Crippen LogP contribution in [0.15, 0.2) is 24.3 Å². The molecule has 0 aliphatic rings. The van der Waals surface area contributed by atoms with Crippen molar-refractivity contribution >= 4 is 39.5 Å². The summed E-state index contributed by atoms with van der Waals surface area (Å²) in [5, 5.41) is 10.6. The highest BCUT2D eigenvalue weighted by Crippen LogP contribution is 2.45. The molecule has 17 nitrogen and oxygen atoms in total. The van der Waals surface area contributed by atoms with Crippen LogP contribution in [0.4, 0.5) is 0 Å². The first kappa shape index (κ1) is 86.5. The molecular weight excluding hydrogens is 1170 g/mol. The zero-order valence-electron chi connectivity index (χ0n) is 57.2. The van der Waals surface area contributed by atoms with Crippen LogP contribution in [0.3, 0.4) is 0 Å². The first-order chi connectivity index (χ1) is 42.9. The van der Waals surface area contributed by atoms with Gasteiger partial charge in [-0.1, -0.05) is 278 Å². The van der Waals surface area contributed by atoms with Gasteiger partial charge in [-0.3, -0.25) is 37.3 Å². The summed E-state index contributed by atoms with van der Waals surface area (Å²) in [5.74, 6) is -0.656. The van der Waals surface area contributed by atoms with E-state index in [1.54, 1.807) is 0 Å². The number of aliphatic hydroxyl groups excluding tert-OH is 1. The van der Waals surface area contributed by atoms with Gasteiger partial charge in [-0.15, -0.1) is 0 Å². The van der Waals surface area contributed by atoms with Crippen LogP contribution in [-0.4, -0.2) is 96.7 Å². The number of phosphoric ester groups is 2. The van der Waals surface area contributed by atoms with Crippen molar-refractivity contribution < 1.29 is 80.2 Å². The van der Waals surface area contributed by atoms with Crippen LogP contribution in [-0.2, 0) is 65.4 Å². The number of phosphoric acid groups is 2. The lowest BCUT2D eigenvalue weighted by atomic mass is 9.99. The number of hydrogen-bond donors (Lipinski definition) is 3. The molecule has 0 aromatic carbocycles. The Hall–Kier alpha value is -2.46. The number of unbranched alkanes of at least 4 members (excludes halogenated alkanes) is 33. The highest BCUT2D eigenvalue weighted by atomic mass is 31.2. The molecule has 524 valence electrons. The largest absolute Gasteiger partial charge is 0.472 e. The minimum absolute atomic E-state index is 0.0846. The van der Waals surface area contributed by atoms with E-state index in [2.05, 4.69) is 65.8 Å². The van der Waals surface area contributed by atoms with E-state index < -0.39 is 97.5 Å². The molecule has 0 aliphatic carbocycles. The lowest BCUT2D eigenvalue weighted by molar-refractivity contribution is -0.161. The minimum Gasteiger partial charge on any atom is -0.462 e. The molecule has 0 aliphatic heterocycles. The van der Waals surface area contributed by atoms with Crippen molar-refractivity contribution in [1.82, 2.24) is 0 Å². The van der Waals surface area contributed by atoms with Crippen molar-refractivity contribution in [2.45, 2.75) is 349 Å². The predicted molar refractivity (Wildman–Crippen MR) is 358 cm³/mol.